The van der Waals surface area contributed by atoms with Crippen molar-refractivity contribution in [2.45, 2.75) is 38.9 Å². The molecular weight excluding hydrogens is 296 g/mol. The number of benzene rings is 1. The Morgan fingerprint density at radius 2 is 2.05 bits per heavy atom. The molecule has 0 aliphatic carbocycles. The lowest BCUT2D eigenvalue weighted by atomic mass is 9.98. The molecule has 0 aliphatic heterocycles. The van der Waals surface area contributed by atoms with Crippen LogP contribution in [0.4, 0.5) is 0 Å². The monoisotopic (exact) mass is 316 g/mol. The lowest BCUT2D eigenvalue weighted by Gasteiger charge is -2.16. The SMILES string of the molecule is CC(C)(C)c1ncc(CO[C@@H](CN=[N+]=[N-])c2ccccc2)s1. The van der Waals surface area contributed by atoms with E-state index in [9.17, 15) is 0 Å². The van der Waals surface area contributed by atoms with E-state index >= 15 is 0 Å². The van der Waals surface area contributed by atoms with Crippen LogP contribution < -0.4 is 0 Å². The number of hydrogen-bond donors (Lipinski definition) is 0. The zero-order valence-electron chi connectivity index (χ0n) is 13.1. The zero-order chi connectivity index (χ0) is 16.0. The van der Waals surface area contributed by atoms with E-state index in [0.29, 0.717) is 6.61 Å². The van der Waals surface area contributed by atoms with Crippen LogP contribution in [0.5, 0.6) is 0 Å². The van der Waals surface area contributed by atoms with Gasteiger partial charge in [0.1, 0.15) is 0 Å². The number of ether oxygens (including phenoxy) is 1. The number of aromatic nitrogens is 1. The second kappa shape index (κ2) is 7.40. The smallest absolute Gasteiger partial charge is 0.0982 e. The van der Waals surface area contributed by atoms with Gasteiger partial charge in [-0.25, -0.2) is 4.98 Å². The van der Waals surface area contributed by atoms with Crippen molar-refractivity contribution in [1.82, 2.24) is 4.98 Å². The summed E-state index contributed by atoms with van der Waals surface area (Å²) >= 11 is 1.66. The maximum atomic E-state index is 8.54. The van der Waals surface area contributed by atoms with Crippen LogP contribution in [-0.4, -0.2) is 11.5 Å². The summed E-state index contributed by atoms with van der Waals surface area (Å²) < 4.78 is 5.95. The first-order valence-electron chi connectivity index (χ1n) is 7.13. The molecule has 116 valence electrons. The molecule has 0 N–H and O–H groups in total. The Hall–Kier alpha value is -1.88. The van der Waals surface area contributed by atoms with E-state index in [0.717, 1.165) is 15.4 Å². The van der Waals surface area contributed by atoms with E-state index in [1.54, 1.807) is 11.3 Å². The first kappa shape index (κ1) is 16.5. The van der Waals surface area contributed by atoms with Gasteiger partial charge in [-0.05, 0) is 11.1 Å². The highest BCUT2D eigenvalue weighted by Gasteiger charge is 2.18. The highest BCUT2D eigenvalue weighted by molar-refractivity contribution is 7.11. The van der Waals surface area contributed by atoms with Crippen molar-refractivity contribution in [1.29, 1.82) is 0 Å². The minimum atomic E-state index is -0.239. The van der Waals surface area contributed by atoms with Crippen molar-refractivity contribution in [3.63, 3.8) is 0 Å². The van der Waals surface area contributed by atoms with Gasteiger partial charge in [0.05, 0.1) is 29.1 Å². The molecule has 0 saturated heterocycles. The summed E-state index contributed by atoms with van der Waals surface area (Å²) in [5.74, 6) is 0. The van der Waals surface area contributed by atoms with Crippen LogP contribution in [0.15, 0.2) is 41.6 Å². The van der Waals surface area contributed by atoms with Crippen molar-refractivity contribution < 1.29 is 4.74 Å². The van der Waals surface area contributed by atoms with Crippen molar-refractivity contribution in [2.24, 2.45) is 5.11 Å². The van der Waals surface area contributed by atoms with Crippen molar-refractivity contribution in [3.8, 4) is 0 Å². The third kappa shape index (κ3) is 4.56. The van der Waals surface area contributed by atoms with Gasteiger partial charge in [0, 0.05) is 16.5 Å². The molecule has 0 radical (unpaired) electrons. The molecule has 1 aromatic heterocycles. The van der Waals surface area contributed by atoms with Gasteiger partial charge in [0.25, 0.3) is 0 Å². The molecule has 6 heteroatoms. The standard InChI is InChI=1S/C16H20N4OS/c1-16(2,3)15-18-9-13(22-15)11-21-14(10-19-20-17)12-7-5-4-6-8-12/h4-9,14H,10-11H2,1-3H3/t14-/m0/s1. The molecule has 5 nitrogen and oxygen atoms in total. The molecule has 0 unspecified atom stereocenters. The average molecular weight is 316 g/mol. The molecule has 0 bridgehead atoms. The molecule has 0 aliphatic rings. The zero-order valence-corrected chi connectivity index (χ0v) is 13.9. The van der Waals surface area contributed by atoms with Crippen LogP contribution in [-0.2, 0) is 16.8 Å². The molecular formula is C16H20N4OS. The minimum Gasteiger partial charge on any atom is -0.368 e. The van der Waals surface area contributed by atoms with Crippen molar-refractivity contribution >= 4 is 11.3 Å². The molecule has 2 rings (SSSR count). The van der Waals surface area contributed by atoms with Crippen LogP contribution in [0.1, 0.15) is 42.3 Å². The fourth-order valence-electron chi connectivity index (χ4n) is 1.94. The average Bonchev–Trinajstić information content (AvgIpc) is 2.97. The lowest BCUT2D eigenvalue weighted by molar-refractivity contribution is 0.0472. The molecule has 1 atom stereocenters. The highest BCUT2D eigenvalue weighted by atomic mass is 32.1. The second-order valence-electron chi connectivity index (χ2n) is 6.01. The summed E-state index contributed by atoms with van der Waals surface area (Å²) in [6.07, 6.45) is 1.62. The number of thiazole rings is 1. The van der Waals surface area contributed by atoms with Gasteiger partial charge in [0.2, 0.25) is 0 Å². The molecule has 1 aromatic carbocycles. The Morgan fingerprint density at radius 3 is 2.64 bits per heavy atom. The lowest BCUT2D eigenvalue weighted by Crippen LogP contribution is -2.09. The Bertz CT molecular complexity index is 642. The topological polar surface area (TPSA) is 70.9 Å². The van der Waals surface area contributed by atoms with Gasteiger partial charge < -0.3 is 4.74 Å². The molecule has 0 saturated carbocycles. The van der Waals surface area contributed by atoms with E-state index in [2.05, 4.69) is 35.8 Å². The predicted octanol–water partition coefficient (Wildman–Crippen LogP) is 5.01. The molecule has 0 fully saturated rings. The molecule has 0 amide bonds. The summed E-state index contributed by atoms with van der Waals surface area (Å²) in [5.41, 5.74) is 9.59. The maximum Gasteiger partial charge on any atom is 0.0982 e. The third-order valence-electron chi connectivity index (χ3n) is 3.10. The van der Waals surface area contributed by atoms with Crippen molar-refractivity contribution in [2.75, 3.05) is 6.54 Å². The van der Waals surface area contributed by atoms with Gasteiger partial charge in [-0.2, -0.15) is 0 Å². The molecule has 22 heavy (non-hydrogen) atoms. The number of nitrogens with zero attached hydrogens (tertiary/aromatic N) is 4. The van der Waals surface area contributed by atoms with Gasteiger partial charge in [-0.3, -0.25) is 0 Å². The fraction of sp³-hybridized carbons (Fsp3) is 0.438. The third-order valence-corrected chi connectivity index (χ3v) is 4.50. The highest BCUT2D eigenvalue weighted by Crippen LogP contribution is 2.28. The maximum absolute atomic E-state index is 8.54. The van der Waals surface area contributed by atoms with Crippen molar-refractivity contribution in [3.05, 3.63) is 62.4 Å². The minimum absolute atomic E-state index is 0.0485. The predicted molar refractivity (Wildman–Crippen MR) is 88.8 cm³/mol. The summed E-state index contributed by atoms with van der Waals surface area (Å²) in [4.78, 5) is 8.36. The largest absolute Gasteiger partial charge is 0.368 e. The second-order valence-corrected chi connectivity index (χ2v) is 7.12. The Balaban J connectivity index is 2.05. The van der Waals surface area contributed by atoms with E-state index in [1.807, 2.05) is 36.5 Å². The number of hydrogen-bond acceptors (Lipinski definition) is 4. The van der Waals surface area contributed by atoms with Gasteiger partial charge in [0.15, 0.2) is 0 Å². The number of rotatable bonds is 6. The normalized spacial score (nSPS) is 12.7. The van der Waals surface area contributed by atoms with Crippen LogP contribution in [0, 0.1) is 0 Å². The summed E-state index contributed by atoms with van der Waals surface area (Å²) in [5, 5.41) is 4.74. The number of azide groups is 1. The van der Waals surface area contributed by atoms with Gasteiger partial charge >= 0.3 is 0 Å². The first-order valence-corrected chi connectivity index (χ1v) is 7.95. The van der Waals surface area contributed by atoms with Crippen LogP contribution in [0.2, 0.25) is 0 Å². The molecule has 2 aromatic rings. The Morgan fingerprint density at radius 1 is 1.32 bits per heavy atom. The summed E-state index contributed by atoms with van der Waals surface area (Å²) in [6, 6.07) is 9.81. The Kier molecular flexibility index (Phi) is 5.55. The van der Waals surface area contributed by atoms with Crippen LogP contribution in [0.25, 0.3) is 10.4 Å². The van der Waals surface area contributed by atoms with E-state index in [1.165, 1.54) is 0 Å². The molecule has 1 heterocycles. The first-order chi connectivity index (χ1) is 10.5. The van der Waals surface area contributed by atoms with Gasteiger partial charge in [-0.15, -0.1) is 11.3 Å². The van der Waals surface area contributed by atoms with E-state index in [4.69, 9.17) is 10.3 Å². The fourth-order valence-corrected chi connectivity index (χ4v) is 2.83. The summed E-state index contributed by atoms with van der Waals surface area (Å²) in [7, 11) is 0. The van der Waals surface area contributed by atoms with Gasteiger partial charge in [-0.1, -0.05) is 56.2 Å². The summed E-state index contributed by atoms with van der Waals surface area (Å²) in [6.45, 7) is 7.18. The van der Waals surface area contributed by atoms with E-state index in [-0.39, 0.29) is 18.1 Å². The van der Waals surface area contributed by atoms with E-state index < -0.39 is 0 Å². The van der Waals surface area contributed by atoms with Crippen LogP contribution in [0.3, 0.4) is 0 Å². The van der Waals surface area contributed by atoms with Crippen LogP contribution >= 0.6 is 11.3 Å². The molecule has 0 spiro atoms. The quantitative estimate of drug-likeness (QED) is 0.427. The Labute approximate surface area is 134 Å².